The average molecular weight is 419 g/mol. The predicted octanol–water partition coefficient (Wildman–Crippen LogP) is 2.77. The van der Waals surface area contributed by atoms with E-state index in [0.717, 1.165) is 0 Å². The number of benzene rings is 2. The first-order valence-electron chi connectivity index (χ1n) is 9.02. The number of nitrogens with one attached hydrogen (secondary N) is 1. The smallest absolute Gasteiger partial charge is 0.261 e. The van der Waals surface area contributed by atoms with Crippen molar-refractivity contribution in [3.05, 3.63) is 70.6 Å². The Kier molecular flexibility index (Phi) is 4.32. The first-order valence-corrected chi connectivity index (χ1v) is 9.84. The molecular weight excluding hydrogens is 406 g/mol. The van der Waals surface area contributed by atoms with Gasteiger partial charge < -0.3 is 4.42 Å². The molecule has 3 heterocycles. The molecule has 0 unspecified atom stereocenters. The topological polar surface area (TPSA) is 118 Å². The van der Waals surface area contributed by atoms with Gasteiger partial charge in [0, 0.05) is 18.5 Å². The molecule has 0 saturated heterocycles. The Hall–Kier alpha value is -3.92. The van der Waals surface area contributed by atoms with Crippen molar-refractivity contribution in [2.45, 2.75) is 6.42 Å². The molecule has 2 aromatic heterocycles. The quantitative estimate of drug-likeness (QED) is 0.494. The summed E-state index contributed by atoms with van der Waals surface area (Å²) in [5.74, 6) is -0.961. The van der Waals surface area contributed by atoms with Crippen LogP contribution >= 0.6 is 11.3 Å². The fourth-order valence-electron chi connectivity index (χ4n) is 3.22. The van der Waals surface area contributed by atoms with Crippen LogP contribution in [0.4, 0.5) is 5.13 Å². The summed E-state index contributed by atoms with van der Waals surface area (Å²) in [6.45, 7) is 0.192. The maximum atomic E-state index is 12.4. The summed E-state index contributed by atoms with van der Waals surface area (Å²) < 4.78 is 5.16. The van der Waals surface area contributed by atoms with Gasteiger partial charge in [0.15, 0.2) is 12.0 Å². The molecule has 10 heteroatoms. The Bertz CT molecular complexity index is 1280. The molecular formula is C20H13N5O4S. The van der Waals surface area contributed by atoms with Gasteiger partial charge in [-0.15, -0.1) is 10.2 Å². The number of aromatic nitrogens is 3. The van der Waals surface area contributed by atoms with Gasteiger partial charge in [0.05, 0.1) is 11.1 Å². The van der Waals surface area contributed by atoms with Gasteiger partial charge in [0.25, 0.3) is 17.7 Å². The highest BCUT2D eigenvalue weighted by Crippen LogP contribution is 2.24. The molecule has 0 radical (unpaired) electrons. The van der Waals surface area contributed by atoms with E-state index in [2.05, 4.69) is 20.5 Å². The first-order chi connectivity index (χ1) is 14.6. The van der Waals surface area contributed by atoms with Crippen LogP contribution in [0.1, 0.15) is 36.1 Å². The number of oxazole rings is 1. The summed E-state index contributed by atoms with van der Waals surface area (Å²) >= 11 is 1.19. The van der Waals surface area contributed by atoms with Crippen molar-refractivity contribution in [2.75, 3.05) is 11.9 Å². The van der Waals surface area contributed by atoms with Crippen molar-refractivity contribution in [1.29, 1.82) is 0 Å². The summed E-state index contributed by atoms with van der Waals surface area (Å²) in [6.07, 6.45) is 1.67. The van der Waals surface area contributed by atoms with E-state index in [0.29, 0.717) is 44.4 Å². The lowest BCUT2D eigenvalue weighted by Crippen LogP contribution is -2.31. The molecule has 148 valence electrons. The highest BCUT2D eigenvalue weighted by molar-refractivity contribution is 7.15. The Labute approximate surface area is 173 Å². The number of nitrogens with zero attached hydrogens (tertiary/aromatic N) is 4. The zero-order chi connectivity index (χ0) is 20.7. The Morgan fingerprint density at radius 1 is 1.07 bits per heavy atom. The highest BCUT2D eigenvalue weighted by atomic mass is 32.1. The molecule has 0 atom stereocenters. The van der Waals surface area contributed by atoms with E-state index >= 15 is 0 Å². The summed E-state index contributed by atoms with van der Waals surface area (Å²) in [7, 11) is 0. The van der Waals surface area contributed by atoms with Crippen LogP contribution < -0.4 is 5.32 Å². The number of hydrogen-bond donors (Lipinski definition) is 1. The van der Waals surface area contributed by atoms with Gasteiger partial charge in [-0.05, 0) is 30.3 Å². The minimum atomic E-state index is -0.344. The maximum Gasteiger partial charge on any atom is 0.261 e. The van der Waals surface area contributed by atoms with Crippen molar-refractivity contribution in [1.82, 2.24) is 20.1 Å². The Morgan fingerprint density at radius 2 is 1.83 bits per heavy atom. The highest BCUT2D eigenvalue weighted by Gasteiger charge is 2.34. The molecule has 4 aromatic rings. The number of hydrogen-bond acceptors (Lipinski definition) is 8. The van der Waals surface area contributed by atoms with Crippen molar-refractivity contribution in [3.8, 4) is 0 Å². The third-order valence-electron chi connectivity index (χ3n) is 4.71. The van der Waals surface area contributed by atoms with E-state index in [-0.39, 0.29) is 24.3 Å². The molecule has 30 heavy (non-hydrogen) atoms. The Balaban J connectivity index is 1.23. The van der Waals surface area contributed by atoms with E-state index in [9.17, 15) is 14.4 Å². The summed E-state index contributed by atoms with van der Waals surface area (Å²) in [5.41, 5.74) is 2.42. The number of anilines is 1. The fourth-order valence-corrected chi connectivity index (χ4v) is 3.95. The van der Waals surface area contributed by atoms with E-state index in [4.69, 9.17) is 4.42 Å². The second-order valence-corrected chi connectivity index (χ2v) is 7.61. The third-order valence-corrected chi connectivity index (χ3v) is 5.61. The lowest BCUT2D eigenvalue weighted by Gasteiger charge is -2.12. The first kappa shape index (κ1) is 18.1. The van der Waals surface area contributed by atoms with Crippen molar-refractivity contribution < 1.29 is 18.8 Å². The van der Waals surface area contributed by atoms with Crippen molar-refractivity contribution in [3.63, 3.8) is 0 Å². The summed E-state index contributed by atoms with van der Waals surface area (Å²) in [5, 5.41) is 11.6. The van der Waals surface area contributed by atoms with Crippen LogP contribution in [-0.4, -0.2) is 44.3 Å². The fraction of sp³-hybridized carbons (Fsp3) is 0.100. The minimum Gasteiger partial charge on any atom is -0.443 e. The zero-order valence-electron chi connectivity index (χ0n) is 15.4. The van der Waals surface area contributed by atoms with Gasteiger partial charge in [-0.1, -0.05) is 23.5 Å². The molecule has 2 aromatic carbocycles. The van der Waals surface area contributed by atoms with Gasteiger partial charge in [0.1, 0.15) is 10.5 Å². The number of amides is 3. The number of imide groups is 1. The van der Waals surface area contributed by atoms with Crippen LogP contribution in [0.2, 0.25) is 0 Å². The second-order valence-electron chi connectivity index (χ2n) is 6.55. The molecule has 9 nitrogen and oxygen atoms in total. The largest absolute Gasteiger partial charge is 0.443 e. The second kappa shape index (κ2) is 7.16. The van der Waals surface area contributed by atoms with Gasteiger partial charge in [-0.2, -0.15) is 0 Å². The average Bonchev–Trinajstić information content (AvgIpc) is 3.46. The van der Waals surface area contributed by atoms with Crippen LogP contribution in [0, 0.1) is 0 Å². The van der Waals surface area contributed by atoms with E-state index in [1.165, 1.54) is 22.6 Å². The van der Waals surface area contributed by atoms with Gasteiger partial charge >= 0.3 is 0 Å². The predicted molar refractivity (Wildman–Crippen MR) is 107 cm³/mol. The van der Waals surface area contributed by atoms with Gasteiger partial charge in [0.2, 0.25) is 5.13 Å². The lowest BCUT2D eigenvalue weighted by atomic mass is 10.1. The monoisotopic (exact) mass is 419 g/mol. The maximum absolute atomic E-state index is 12.4. The van der Waals surface area contributed by atoms with Crippen LogP contribution in [0.5, 0.6) is 0 Å². The molecule has 1 N–H and O–H groups in total. The molecule has 1 aliphatic rings. The van der Waals surface area contributed by atoms with Gasteiger partial charge in [-0.25, -0.2) is 4.98 Å². The van der Waals surface area contributed by atoms with Crippen LogP contribution in [0.15, 0.2) is 53.3 Å². The van der Waals surface area contributed by atoms with Crippen LogP contribution in [0.3, 0.4) is 0 Å². The van der Waals surface area contributed by atoms with E-state index in [1.807, 2.05) is 0 Å². The van der Waals surface area contributed by atoms with E-state index < -0.39 is 0 Å². The normalized spacial score (nSPS) is 13.1. The minimum absolute atomic E-state index is 0.192. The molecule has 0 bridgehead atoms. The lowest BCUT2D eigenvalue weighted by molar-refractivity contribution is 0.0655. The van der Waals surface area contributed by atoms with Gasteiger partial charge in [-0.3, -0.25) is 24.6 Å². The molecule has 1 aliphatic heterocycles. The molecule has 0 saturated carbocycles. The molecule has 0 spiro atoms. The number of carbonyl (C=O) groups excluding carboxylic acids is 3. The molecule has 3 amide bonds. The summed E-state index contributed by atoms with van der Waals surface area (Å²) in [6, 6.07) is 11.7. The number of fused-ring (bicyclic) bond motifs is 2. The SMILES string of the molecule is O=C(Nc1nnc(CCN2C(=O)c3ccccc3C2=O)s1)c1ccc2ocnc2c1. The Morgan fingerprint density at radius 3 is 2.60 bits per heavy atom. The molecule has 0 aliphatic carbocycles. The third kappa shape index (κ3) is 3.12. The van der Waals surface area contributed by atoms with Crippen molar-refractivity contribution in [2.24, 2.45) is 0 Å². The number of carbonyl (C=O) groups is 3. The standard InChI is InChI=1S/C20H13N5O4S/c26-17(11-5-6-15-14(9-11)21-10-29-15)22-20-24-23-16(30-20)7-8-25-18(27)12-3-1-2-4-13(12)19(25)28/h1-6,9-10H,7-8H2,(H,22,24,26). The summed E-state index contributed by atoms with van der Waals surface area (Å²) in [4.78, 5) is 42.5. The number of rotatable bonds is 5. The van der Waals surface area contributed by atoms with Crippen LogP contribution in [-0.2, 0) is 6.42 Å². The van der Waals surface area contributed by atoms with E-state index in [1.54, 1.807) is 42.5 Å². The zero-order valence-corrected chi connectivity index (χ0v) is 16.2. The molecule has 0 fully saturated rings. The van der Waals surface area contributed by atoms with Crippen molar-refractivity contribution >= 4 is 45.3 Å². The van der Waals surface area contributed by atoms with Crippen LogP contribution in [0.25, 0.3) is 11.1 Å². The molecule has 5 rings (SSSR count).